The number of likely N-dealkylation sites (tertiary alicyclic amines) is 1. The van der Waals surface area contributed by atoms with Gasteiger partial charge in [-0.2, -0.15) is 13.2 Å². The van der Waals surface area contributed by atoms with Gasteiger partial charge in [0.05, 0.1) is 31.9 Å². The third kappa shape index (κ3) is 4.56. The van der Waals surface area contributed by atoms with Crippen LogP contribution in [-0.4, -0.2) is 52.6 Å². The molecule has 9 heteroatoms. The van der Waals surface area contributed by atoms with E-state index < -0.39 is 11.9 Å². The molecule has 1 aromatic rings. The molecule has 2 aliphatic heterocycles. The molecule has 0 aliphatic carbocycles. The largest absolute Gasteiger partial charge is 0.432 e. The molecule has 6 nitrogen and oxygen atoms in total. The highest BCUT2D eigenvalue weighted by Gasteiger charge is 2.41. The van der Waals surface area contributed by atoms with Gasteiger partial charge in [0, 0.05) is 18.5 Å². The van der Waals surface area contributed by atoms with E-state index >= 15 is 0 Å². The number of fused-ring (bicyclic) bond motifs is 1. The minimum Gasteiger partial charge on any atom is -0.377 e. The summed E-state index contributed by atoms with van der Waals surface area (Å²) in [6, 6.07) is 0.108. The molecule has 3 heterocycles. The molecule has 3 atom stereocenters. The molecule has 0 aromatic carbocycles. The third-order valence-corrected chi connectivity index (χ3v) is 5.02. The molecule has 26 heavy (non-hydrogen) atoms. The summed E-state index contributed by atoms with van der Waals surface area (Å²) in [6.45, 7) is 6.30. The first-order valence-electron chi connectivity index (χ1n) is 8.96. The summed E-state index contributed by atoms with van der Waals surface area (Å²) in [6.07, 6.45) is -2.39. The van der Waals surface area contributed by atoms with E-state index in [4.69, 9.17) is 4.74 Å². The number of nitrogens with zero attached hydrogens (tertiary/aromatic N) is 2. The summed E-state index contributed by atoms with van der Waals surface area (Å²) in [7, 11) is 0. The van der Waals surface area contributed by atoms with E-state index in [-0.39, 0.29) is 18.1 Å². The lowest BCUT2D eigenvalue weighted by Crippen LogP contribution is -2.42. The number of hydrogen-bond acceptors (Lipinski definition) is 4. The maximum Gasteiger partial charge on any atom is 0.432 e. The molecular formula is C17H25F3N4O2. The number of carbonyl (C=O) groups excluding carboxylic acids is 1. The van der Waals surface area contributed by atoms with E-state index in [1.165, 1.54) is 0 Å². The highest BCUT2D eigenvalue weighted by molar-refractivity contribution is 5.76. The Balaban J connectivity index is 1.52. The van der Waals surface area contributed by atoms with Gasteiger partial charge in [0.2, 0.25) is 5.91 Å². The van der Waals surface area contributed by atoms with E-state index in [0.717, 1.165) is 25.7 Å². The van der Waals surface area contributed by atoms with E-state index in [0.29, 0.717) is 37.2 Å². The van der Waals surface area contributed by atoms with E-state index in [9.17, 15) is 18.0 Å². The maximum atomic E-state index is 12.6. The van der Waals surface area contributed by atoms with Crippen molar-refractivity contribution in [1.82, 2.24) is 20.2 Å². The van der Waals surface area contributed by atoms with Gasteiger partial charge in [-0.3, -0.25) is 9.69 Å². The van der Waals surface area contributed by atoms with Gasteiger partial charge in [0.1, 0.15) is 11.5 Å². The normalized spacial score (nSPS) is 26.9. The summed E-state index contributed by atoms with van der Waals surface area (Å²) in [5, 5.41) is 2.89. The summed E-state index contributed by atoms with van der Waals surface area (Å²) in [5.74, 6) is 0.954. The Morgan fingerprint density at radius 3 is 2.92 bits per heavy atom. The number of alkyl halides is 3. The second-order valence-corrected chi connectivity index (χ2v) is 7.49. The average molecular weight is 374 g/mol. The molecular weight excluding hydrogens is 349 g/mol. The van der Waals surface area contributed by atoms with Crippen LogP contribution in [0.2, 0.25) is 0 Å². The number of nitrogens with one attached hydrogen (secondary N) is 2. The van der Waals surface area contributed by atoms with Gasteiger partial charge < -0.3 is 15.0 Å². The highest BCUT2D eigenvalue weighted by atomic mass is 19.4. The van der Waals surface area contributed by atoms with Crippen LogP contribution in [0.15, 0.2) is 6.20 Å². The minimum absolute atomic E-state index is 0.00310. The van der Waals surface area contributed by atoms with Crippen molar-refractivity contribution in [3.05, 3.63) is 17.7 Å². The van der Waals surface area contributed by atoms with Crippen molar-refractivity contribution in [2.75, 3.05) is 19.7 Å². The van der Waals surface area contributed by atoms with Gasteiger partial charge in [-0.05, 0) is 32.7 Å². The molecule has 0 saturated carbocycles. The summed E-state index contributed by atoms with van der Waals surface area (Å²) in [5.41, 5.74) is -0.817. The number of aromatic nitrogens is 2. The molecule has 2 N–H and O–H groups in total. The standard InChI is InChI=1S/C17H25F3N4O2/c1-10(2)22-16(25)5-13-12-3-4-24(7-11(12)9-26-13)8-15-21-6-14(23-15)17(18,19)20/h6,10-13H,3-5,7-9H2,1-2H3,(H,21,23)(H,22,25)/t11-,12-,13+/m1/s1. The quantitative estimate of drug-likeness (QED) is 0.829. The van der Waals surface area contributed by atoms with Crippen LogP contribution in [0.4, 0.5) is 13.2 Å². The number of aromatic amines is 1. The van der Waals surface area contributed by atoms with E-state index in [1.54, 1.807) is 0 Å². The lowest BCUT2D eigenvalue weighted by Gasteiger charge is -2.35. The van der Waals surface area contributed by atoms with E-state index in [2.05, 4.69) is 20.2 Å². The number of carbonyl (C=O) groups is 1. The predicted molar refractivity (Wildman–Crippen MR) is 88.1 cm³/mol. The number of halogens is 3. The zero-order chi connectivity index (χ0) is 18.9. The van der Waals surface area contributed by atoms with Gasteiger partial charge in [0.15, 0.2) is 0 Å². The number of imidazole rings is 1. The smallest absolute Gasteiger partial charge is 0.377 e. The summed E-state index contributed by atoms with van der Waals surface area (Å²) in [4.78, 5) is 20.3. The second-order valence-electron chi connectivity index (χ2n) is 7.49. The van der Waals surface area contributed by atoms with Crippen molar-refractivity contribution in [2.45, 2.75) is 51.6 Å². The van der Waals surface area contributed by atoms with Crippen LogP contribution in [0.1, 0.15) is 38.2 Å². The average Bonchev–Trinajstić information content (AvgIpc) is 3.13. The lowest BCUT2D eigenvalue weighted by atomic mass is 9.83. The van der Waals surface area contributed by atoms with Gasteiger partial charge in [-0.15, -0.1) is 0 Å². The molecule has 1 amide bonds. The number of H-pyrrole nitrogens is 1. The van der Waals surface area contributed by atoms with Crippen molar-refractivity contribution in [3.63, 3.8) is 0 Å². The first-order valence-corrected chi connectivity index (χ1v) is 8.96. The lowest BCUT2D eigenvalue weighted by molar-refractivity contribution is -0.141. The molecule has 1 aromatic heterocycles. The van der Waals surface area contributed by atoms with Crippen LogP contribution in [0.3, 0.4) is 0 Å². The Morgan fingerprint density at radius 2 is 2.27 bits per heavy atom. The van der Waals surface area contributed by atoms with Crippen molar-refractivity contribution in [3.8, 4) is 0 Å². The molecule has 0 spiro atoms. The number of hydrogen-bond donors (Lipinski definition) is 2. The van der Waals surface area contributed by atoms with Crippen LogP contribution in [0, 0.1) is 11.8 Å². The third-order valence-electron chi connectivity index (χ3n) is 5.02. The Morgan fingerprint density at radius 1 is 1.50 bits per heavy atom. The fraction of sp³-hybridized carbons (Fsp3) is 0.765. The van der Waals surface area contributed by atoms with Crippen molar-refractivity contribution >= 4 is 5.91 Å². The van der Waals surface area contributed by atoms with Crippen molar-refractivity contribution in [2.24, 2.45) is 11.8 Å². The van der Waals surface area contributed by atoms with E-state index in [1.807, 2.05) is 13.8 Å². The predicted octanol–water partition coefficient (Wildman–Crippen LogP) is 2.18. The molecule has 3 rings (SSSR count). The Bertz CT molecular complexity index is 632. The number of rotatable bonds is 5. The molecule has 2 saturated heterocycles. The SMILES string of the molecule is CC(C)NC(=O)C[C@@H]1OC[C@H]2CN(Cc3ncc(C(F)(F)F)[nH]3)CC[C@H]21. The first-order chi connectivity index (χ1) is 12.2. The van der Waals surface area contributed by atoms with Crippen LogP contribution < -0.4 is 5.32 Å². The number of ether oxygens (including phenoxy) is 1. The van der Waals surface area contributed by atoms with Crippen molar-refractivity contribution in [1.29, 1.82) is 0 Å². The highest BCUT2D eigenvalue weighted by Crippen LogP contribution is 2.36. The first kappa shape index (κ1) is 19.2. The van der Waals surface area contributed by atoms with Crippen LogP contribution in [0.25, 0.3) is 0 Å². The van der Waals surface area contributed by atoms with Gasteiger partial charge in [-0.1, -0.05) is 0 Å². The zero-order valence-corrected chi connectivity index (χ0v) is 15.0. The topological polar surface area (TPSA) is 70.2 Å². The van der Waals surface area contributed by atoms with Crippen LogP contribution >= 0.6 is 0 Å². The van der Waals surface area contributed by atoms with Crippen LogP contribution in [0.5, 0.6) is 0 Å². The van der Waals surface area contributed by atoms with Gasteiger partial charge >= 0.3 is 6.18 Å². The monoisotopic (exact) mass is 374 g/mol. The molecule has 2 fully saturated rings. The van der Waals surface area contributed by atoms with Gasteiger partial charge in [-0.25, -0.2) is 4.98 Å². The molecule has 2 aliphatic rings. The molecule has 0 unspecified atom stereocenters. The Labute approximate surface area is 150 Å². The molecule has 0 radical (unpaired) electrons. The summed E-state index contributed by atoms with van der Waals surface area (Å²) >= 11 is 0. The fourth-order valence-electron chi connectivity index (χ4n) is 3.88. The Hall–Kier alpha value is -1.61. The minimum atomic E-state index is -4.40. The maximum absolute atomic E-state index is 12.6. The summed E-state index contributed by atoms with van der Waals surface area (Å²) < 4.78 is 43.8. The van der Waals surface area contributed by atoms with Crippen molar-refractivity contribution < 1.29 is 22.7 Å². The number of piperidine rings is 1. The van der Waals surface area contributed by atoms with Crippen LogP contribution in [-0.2, 0) is 22.3 Å². The molecule has 0 bridgehead atoms. The fourth-order valence-corrected chi connectivity index (χ4v) is 3.88. The number of amides is 1. The molecule has 146 valence electrons. The van der Waals surface area contributed by atoms with Gasteiger partial charge in [0.25, 0.3) is 0 Å². The Kier molecular flexibility index (Phi) is 5.57. The second kappa shape index (κ2) is 7.56. The zero-order valence-electron chi connectivity index (χ0n) is 15.0.